The fraction of sp³-hybridized carbons (Fsp3) is 0.607. The number of rotatable bonds is 9. The van der Waals surface area contributed by atoms with Crippen LogP contribution < -0.4 is 5.32 Å². The largest absolute Gasteiger partial charge is 0.394 e. The minimum Gasteiger partial charge on any atom is -0.394 e. The van der Waals surface area contributed by atoms with E-state index in [1.807, 2.05) is 6.20 Å². The molecule has 194 valence electrons. The van der Waals surface area contributed by atoms with Gasteiger partial charge in [-0.15, -0.1) is 0 Å². The van der Waals surface area contributed by atoms with E-state index >= 15 is 0 Å². The first-order chi connectivity index (χ1) is 17.6. The number of aliphatic hydroxyl groups is 1. The predicted octanol–water partition coefficient (Wildman–Crippen LogP) is 4.32. The fourth-order valence-electron chi connectivity index (χ4n) is 5.56. The number of likely N-dealkylation sites (N-methyl/N-ethyl adjacent to an activating group) is 1. The number of fused-ring (bicyclic) bond motifs is 1. The van der Waals surface area contributed by atoms with Gasteiger partial charge < -0.3 is 15.3 Å². The fourth-order valence-corrected chi connectivity index (χ4v) is 5.56. The average molecular weight is 492 g/mol. The van der Waals surface area contributed by atoms with Crippen LogP contribution >= 0.6 is 0 Å². The lowest BCUT2D eigenvalue weighted by Gasteiger charge is -2.32. The number of hydrogen-bond acceptors (Lipinski definition) is 7. The summed E-state index contributed by atoms with van der Waals surface area (Å²) in [6, 6.07) is 9.23. The number of aromatic nitrogens is 4. The number of piperazine rings is 1. The summed E-state index contributed by atoms with van der Waals surface area (Å²) in [6.45, 7) is 7.70. The summed E-state index contributed by atoms with van der Waals surface area (Å²) in [6.07, 6.45) is 9.84. The lowest BCUT2D eigenvalue weighted by atomic mass is 9.96. The molecular formula is C28H41N7O. The molecule has 1 unspecified atom stereocenters. The van der Waals surface area contributed by atoms with Gasteiger partial charge in [-0.25, -0.2) is 9.67 Å². The van der Waals surface area contributed by atoms with E-state index < -0.39 is 0 Å². The van der Waals surface area contributed by atoms with Crippen LogP contribution in [0.2, 0.25) is 0 Å². The maximum absolute atomic E-state index is 9.74. The van der Waals surface area contributed by atoms with Gasteiger partial charge in [-0.05, 0) is 31.9 Å². The van der Waals surface area contributed by atoms with Crippen LogP contribution in [0, 0.1) is 0 Å². The second kappa shape index (κ2) is 11.7. The van der Waals surface area contributed by atoms with E-state index in [4.69, 9.17) is 10.1 Å². The molecule has 2 N–H and O–H groups in total. The Morgan fingerprint density at radius 1 is 1.06 bits per heavy atom. The van der Waals surface area contributed by atoms with Crippen molar-refractivity contribution in [2.75, 3.05) is 45.2 Å². The average Bonchev–Trinajstić information content (AvgIpc) is 3.29. The van der Waals surface area contributed by atoms with Crippen LogP contribution in [0.25, 0.3) is 22.3 Å². The van der Waals surface area contributed by atoms with Crippen molar-refractivity contribution in [2.45, 2.75) is 70.5 Å². The van der Waals surface area contributed by atoms with Crippen molar-refractivity contribution in [1.82, 2.24) is 29.5 Å². The standard InChI is InChI=1S/C28H41N7O/c1-3-7-23(20-36)30-28-29-18-25-26(32-35(27(25)31-28)24-8-5-4-6-9-24)22-12-10-21(11-13-22)19-34-16-14-33(2)15-17-34/h10-13,18,23-24,36H,3-9,14-17,19-20H2,1-2H3,(H,29,30,31). The quantitative estimate of drug-likeness (QED) is 0.461. The van der Waals surface area contributed by atoms with Crippen molar-refractivity contribution in [3.8, 4) is 11.3 Å². The Bertz CT molecular complexity index is 1110. The molecule has 3 heterocycles. The zero-order chi connectivity index (χ0) is 24.9. The highest BCUT2D eigenvalue weighted by Gasteiger charge is 2.23. The van der Waals surface area contributed by atoms with Crippen LogP contribution in [0.1, 0.15) is 63.5 Å². The van der Waals surface area contributed by atoms with Gasteiger partial charge in [0, 0.05) is 44.5 Å². The molecular weight excluding hydrogens is 450 g/mol. The van der Waals surface area contributed by atoms with Gasteiger partial charge in [0.25, 0.3) is 0 Å². The predicted molar refractivity (Wildman–Crippen MR) is 145 cm³/mol. The summed E-state index contributed by atoms with van der Waals surface area (Å²) >= 11 is 0. The van der Waals surface area contributed by atoms with Gasteiger partial charge in [-0.2, -0.15) is 10.1 Å². The first-order valence-electron chi connectivity index (χ1n) is 13.8. The zero-order valence-corrected chi connectivity index (χ0v) is 21.9. The van der Waals surface area contributed by atoms with Crippen LogP contribution in [0.3, 0.4) is 0 Å². The molecule has 2 aliphatic rings. The highest BCUT2D eigenvalue weighted by molar-refractivity contribution is 5.91. The Morgan fingerprint density at radius 3 is 2.50 bits per heavy atom. The number of nitrogens with one attached hydrogen (secondary N) is 1. The smallest absolute Gasteiger partial charge is 0.225 e. The summed E-state index contributed by atoms with van der Waals surface area (Å²) in [5, 5.41) is 19.2. The molecule has 0 bridgehead atoms. The third-order valence-corrected chi connectivity index (χ3v) is 7.79. The molecule has 0 amide bonds. The van der Waals surface area contributed by atoms with Crippen molar-refractivity contribution in [2.24, 2.45) is 0 Å². The van der Waals surface area contributed by atoms with E-state index in [1.165, 1.54) is 24.8 Å². The van der Waals surface area contributed by atoms with Gasteiger partial charge in [-0.1, -0.05) is 56.9 Å². The van der Waals surface area contributed by atoms with Crippen LogP contribution in [-0.4, -0.2) is 80.5 Å². The van der Waals surface area contributed by atoms with E-state index in [1.54, 1.807) is 0 Å². The molecule has 1 aliphatic heterocycles. The van der Waals surface area contributed by atoms with Crippen molar-refractivity contribution in [1.29, 1.82) is 0 Å². The van der Waals surface area contributed by atoms with Gasteiger partial charge in [0.05, 0.1) is 24.1 Å². The third kappa shape index (κ3) is 5.71. The maximum atomic E-state index is 9.74. The van der Waals surface area contributed by atoms with Crippen LogP contribution in [0.15, 0.2) is 30.5 Å². The Labute approximate surface area is 214 Å². The summed E-state index contributed by atoms with van der Waals surface area (Å²) in [5.41, 5.74) is 4.30. The molecule has 1 saturated heterocycles. The summed E-state index contributed by atoms with van der Waals surface area (Å²) in [7, 11) is 2.20. The molecule has 2 fully saturated rings. The number of hydrogen-bond donors (Lipinski definition) is 2. The minimum absolute atomic E-state index is 0.0363. The molecule has 8 nitrogen and oxygen atoms in total. The molecule has 1 aromatic carbocycles. The SMILES string of the molecule is CCCC(CO)Nc1ncc2c(-c3ccc(CN4CCN(C)CC4)cc3)nn(C3CCCCC3)c2n1. The first kappa shape index (κ1) is 25.1. The van der Waals surface area contributed by atoms with E-state index in [-0.39, 0.29) is 12.6 Å². The molecule has 1 saturated carbocycles. The van der Waals surface area contributed by atoms with Crippen LogP contribution in [0.5, 0.6) is 0 Å². The molecule has 5 rings (SSSR count). The molecule has 0 radical (unpaired) electrons. The Hall–Kier alpha value is -2.55. The highest BCUT2D eigenvalue weighted by atomic mass is 16.3. The number of benzene rings is 1. The van der Waals surface area contributed by atoms with Gasteiger partial charge >= 0.3 is 0 Å². The topological polar surface area (TPSA) is 82.3 Å². The van der Waals surface area contributed by atoms with Crippen molar-refractivity contribution in [3.63, 3.8) is 0 Å². The third-order valence-electron chi connectivity index (χ3n) is 7.79. The van der Waals surface area contributed by atoms with Crippen LogP contribution in [0.4, 0.5) is 5.95 Å². The van der Waals surface area contributed by atoms with Gasteiger partial charge in [0.1, 0.15) is 5.69 Å². The van der Waals surface area contributed by atoms with E-state index in [2.05, 4.69) is 63.0 Å². The van der Waals surface area contributed by atoms with Crippen molar-refractivity contribution < 1.29 is 5.11 Å². The normalized spacial score (nSPS) is 19.1. The molecule has 1 aliphatic carbocycles. The van der Waals surface area contributed by atoms with E-state index in [9.17, 15) is 5.11 Å². The Kier molecular flexibility index (Phi) is 8.14. The maximum Gasteiger partial charge on any atom is 0.225 e. The lowest BCUT2D eigenvalue weighted by Crippen LogP contribution is -2.43. The molecule has 36 heavy (non-hydrogen) atoms. The summed E-state index contributed by atoms with van der Waals surface area (Å²) < 4.78 is 2.16. The summed E-state index contributed by atoms with van der Waals surface area (Å²) in [5.74, 6) is 0.570. The Morgan fingerprint density at radius 2 is 1.81 bits per heavy atom. The zero-order valence-electron chi connectivity index (χ0n) is 21.9. The molecule has 0 spiro atoms. The second-order valence-electron chi connectivity index (χ2n) is 10.6. The first-order valence-corrected chi connectivity index (χ1v) is 13.8. The lowest BCUT2D eigenvalue weighted by molar-refractivity contribution is 0.148. The molecule has 1 atom stereocenters. The summed E-state index contributed by atoms with van der Waals surface area (Å²) in [4.78, 5) is 14.5. The van der Waals surface area contributed by atoms with Gasteiger partial charge in [-0.3, -0.25) is 4.90 Å². The van der Waals surface area contributed by atoms with Crippen molar-refractivity contribution >= 4 is 17.0 Å². The molecule has 3 aromatic rings. The number of anilines is 1. The molecule has 8 heteroatoms. The number of nitrogens with zero attached hydrogens (tertiary/aromatic N) is 6. The minimum atomic E-state index is -0.0363. The van der Waals surface area contributed by atoms with Crippen LogP contribution in [-0.2, 0) is 6.54 Å². The monoisotopic (exact) mass is 491 g/mol. The van der Waals surface area contributed by atoms with E-state index in [0.717, 1.165) is 80.7 Å². The molecule has 2 aromatic heterocycles. The Balaban J connectivity index is 1.43. The highest BCUT2D eigenvalue weighted by Crippen LogP contribution is 2.34. The van der Waals surface area contributed by atoms with E-state index in [0.29, 0.717) is 12.0 Å². The van der Waals surface area contributed by atoms with Gasteiger partial charge in [0.15, 0.2) is 5.65 Å². The van der Waals surface area contributed by atoms with Gasteiger partial charge in [0.2, 0.25) is 5.95 Å². The number of aliphatic hydroxyl groups excluding tert-OH is 1. The van der Waals surface area contributed by atoms with Crippen molar-refractivity contribution in [3.05, 3.63) is 36.0 Å². The second-order valence-corrected chi connectivity index (χ2v) is 10.6.